The first-order valence-electron chi connectivity index (χ1n) is 9.35. The molecule has 0 saturated carbocycles. The number of hydrogen-bond donors (Lipinski definition) is 0. The van der Waals surface area contributed by atoms with Crippen LogP contribution in [-0.2, 0) is 14.8 Å². The fraction of sp³-hybridized carbons (Fsp3) is 0.632. The molecule has 2 aliphatic rings. The number of methoxy groups -OCH3 is 1. The Morgan fingerprint density at radius 3 is 2.37 bits per heavy atom. The molecule has 0 spiro atoms. The molecule has 2 heterocycles. The minimum absolute atomic E-state index is 0.0454. The number of aryl methyl sites for hydroxylation is 1. The molecule has 150 valence electrons. The summed E-state index contributed by atoms with van der Waals surface area (Å²) in [5.41, 5.74) is 2.26. The number of amides is 1. The Labute approximate surface area is 161 Å². The van der Waals surface area contributed by atoms with Gasteiger partial charge in [-0.15, -0.1) is 0 Å². The van der Waals surface area contributed by atoms with Crippen LogP contribution in [0.25, 0.3) is 0 Å². The third kappa shape index (κ3) is 3.65. The van der Waals surface area contributed by atoms with Gasteiger partial charge in [-0.2, -0.15) is 4.31 Å². The second-order valence-corrected chi connectivity index (χ2v) is 9.15. The first kappa shape index (κ1) is 19.9. The number of carbonyl (C=O) groups excluding carboxylic acids is 1. The normalized spacial score (nSPS) is 19.9. The number of cyclic esters (lactones) is 1. The van der Waals surface area contributed by atoms with Gasteiger partial charge in [0.2, 0.25) is 10.0 Å². The van der Waals surface area contributed by atoms with Crippen LogP contribution in [0.3, 0.4) is 0 Å². The summed E-state index contributed by atoms with van der Waals surface area (Å²) in [4.78, 5) is 14.1. The van der Waals surface area contributed by atoms with Crippen molar-refractivity contribution in [3.8, 4) is 5.75 Å². The highest BCUT2D eigenvalue weighted by molar-refractivity contribution is 7.89. The van der Waals surface area contributed by atoms with Crippen LogP contribution in [0, 0.1) is 20.8 Å². The van der Waals surface area contributed by atoms with Gasteiger partial charge >= 0.3 is 6.09 Å². The fourth-order valence-electron chi connectivity index (χ4n) is 4.05. The summed E-state index contributed by atoms with van der Waals surface area (Å²) in [5, 5.41) is 0. The van der Waals surface area contributed by atoms with E-state index in [2.05, 4.69) is 0 Å². The van der Waals surface area contributed by atoms with Crippen molar-refractivity contribution >= 4 is 16.1 Å². The van der Waals surface area contributed by atoms with E-state index in [1.54, 1.807) is 29.3 Å². The van der Waals surface area contributed by atoms with Crippen molar-refractivity contribution in [2.45, 2.75) is 51.0 Å². The van der Waals surface area contributed by atoms with E-state index in [0.29, 0.717) is 55.3 Å². The van der Waals surface area contributed by atoms with Crippen LogP contribution >= 0.6 is 0 Å². The van der Waals surface area contributed by atoms with E-state index in [1.807, 2.05) is 13.8 Å². The maximum atomic E-state index is 13.3. The number of carbonyl (C=O) groups is 1. The zero-order valence-electron chi connectivity index (χ0n) is 16.4. The quantitative estimate of drug-likeness (QED) is 0.782. The zero-order chi connectivity index (χ0) is 19.8. The van der Waals surface area contributed by atoms with Gasteiger partial charge in [0.25, 0.3) is 0 Å². The van der Waals surface area contributed by atoms with Crippen molar-refractivity contribution in [1.29, 1.82) is 0 Å². The molecule has 1 aromatic carbocycles. The minimum Gasteiger partial charge on any atom is -0.496 e. The molecule has 0 aromatic heterocycles. The van der Waals surface area contributed by atoms with E-state index in [4.69, 9.17) is 9.47 Å². The van der Waals surface area contributed by atoms with Crippen LogP contribution < -0.4 is 4.74 Å². The lowest BCUT2D eigenvalue weighted by atomic mass is 10.0. The van der Waals surface area contributed by atoms with Gasteiger partial charge in [0.15, 0.2) is 0 Å². The lowest BCUT2D eigenvalue weighted by Crippen LogP contribution is -2.51. The van der Waals surface area contributed by atoms with Crippen LogP contribution in [-0.4, -0.2) is 63.1 Å². The molecule has 1 amide bonds. The van der Waals surface area contributed by atoms with Crippen molar-refractivity contribution in [3.63, 3.8) is 0 Å². The van der Waals surface area contributed by atoms with Crippen LogP contribution in [0.15, 0.2) is 11.0 Å². The van der Waals surface area contributed by atoms with Gasteiger partial charge in [0, 0.05) is 25.7 Å². The number of hydrogen-bond acceptors (Lipinski definition) is 5. The Morgan fingerprint density at radius 2 is 1.78 bits per heavy atom. The number of benzene rings is 1. The van der Waals surface area contributed by atoms with Crippen LogP contribution in [0.1, 0.15) is 36.0 Å². The van der Waals surface area contributed by atoms with Gasteiger partial charge in [-0.3, -0.25) is 0 Å². The van der Waals surface area contributed by atoms with Crippen LogP contribution in [0.5, 0.6) is 5.75 Å². The van der Waals surface area contributed by atoms with E-state index in [1.165, 1.54) is 0 Å². The molecule has 1 aromatic rings. The summed E-state index contributed by atoms with van der Waals surface area (Å²) >= 11 is 0. The summed E-state index contributed by atoms with van der Waals surface area (Å²) in [6.45, 7) is 7.47. The van der Waals surface area contributed by atoms with E-state index in [9.17, 15) is 13.2 Å². The molecule has 2 saturated heterocycles. The second-order valence-electron chi connectivity index (χ2n) is 7.27. The van der Waals surface area contributed by atoms with Gasteiger partial charge in [0.05, 0.1) is 18.6 Å². The number of piperidine rings is 1. The molecule has 0 aliphatic carbocycles. The Bertz CT molecular complexity index is 829. The molecule has 3 rings (SSSR count). The number of ether oxygens (including phenoxy) is 2. The largest absolute Gasteiger partial charge is 0.496 e. The average Bonchev–Trinajstić information content (AvgIpc) is 2.65. The van der Waals surface area contributed by atoms with E-state index < -0.39 is 10.0 Å². The number of rotatable bonds is 4. The zero-order valence-corrected chi connectivity index (χ0v) is 17.3. The minimum atomic E-state index is -3.60. The molecular weight excluding hydrogens is 368 g/mol. The van der Waals surface area contributed by atoms with Crippen molar-refractivity contribution in [2.75, 3.05) is 33.4 Å². The Balaban J connectivity index is 1.80. The van der Waals surface area contributed by atoms with Gasteiger partial charge in [-0.05, 0) is 62.8 Å². The summed E-state index contributed by atoms with van der Waals surface area (Å²) in [7, 11) is -2.01. The highest BCUT2D eigenvalue weighted by Crippen LogP contribution is 2.33. The van der Waals surface area contributed by atoms with Crippen molar-refractivity contribution < 1.29 is 22.7 Å². The molecule has 0 radical (unpaired) electrons. The maximum absolute atomic E-state index is 13.3. The van der Waals surface area contributed by atoms with Gasteiger partial charge in [-0.25, -0.2) is 13.2 Å². The number of nitrogens with zero attached hydrogens (tertiary/aromatic N) is 2. The lowest BCUT2D eigenvalue weighted by Gasteiger charge is -2.39. The Hall–Kier alpha value is -1.80. The number of sulfonamides is 1. The van der Waals surface area contributed by atoms with Gasteiger partial charge in [-0.1, -0.05) is 0 Å². The summed E-state index contributed by atoms with van der Waals surface area (Å²) in [5.74, 6) is 0.700. The fourth-order valence-corrected chi connectivity index (χ4v) is 6.01. The third-order valence-corrected chi connectivity index (χ3v) is 7.85. The lowest BCUT2D eigenvalue weighted by molar-refractivity contribution is 0.0442. The predicted octanol–water partition coefficient (Wildman–Crippen LogP) is 2.62. The molecule has 2 aliphatic heterocycles. The predicted molar refractivity (Wildman–Crippen MR) is 102 cm³/mol. The molecule has 2 fully saturated rings. The first-order chi connectivity index (χ1) is 12.8. The second kappa shape index (κ2) is 7.67. The first-order valence-corrected chi connectivity index (χ1v) is 10.8. The van der Waals surface area contributed by atoms with E-state index in [0.717, 1.165) is 17.5 Å². The molecule has 0 bridgehead atoms. The topological polar surface area (TPSA) is 76.2 Å². The summed E-state index contributed by atoms with van der Waals surface area (Å²) < 4.78 is 38.6. The molecule has 0 unspecified atom stereocenters. The molecule has 8 heteroatoms. The van der Waals surface area contributed by atoms with Crippen molar-refractivity contribution in [3.05, 3.63) is 22.8 Å². The molecule has 7 nitrogen and oxygen atoms in total. The highest BCUT2D eigenvalue weighted by atomic mass is 32.2. The average molecular weight is 397 g/mol. The van der Waals surface area contributed by atoms with Crippen LogP contribution in [0.4, 0.5) is 4.79 Å². The van der Waals surface area contributed by atoms with Crippen molar-refractivity contribution in [1.82, 2.24) is 9.21 Å². The Morgan fingerprint density at radius 1 is 1.11 bits per heavy atom. The highest BCUT2D eigenvalue weighted by Gasteiger charge is 2.36. The van der Waals surface area contributed by atoms with Crippen molar-refractivity contribution in [2.24, 2.45) is 0 Å². The molecular formula is C19H28N2O5S. The monoisotopic (exact) mass is 396 g/mol. The van der Waals surface area contributed by atoms with Gasteiger partial charge in [0.1, 0.15) is 5.75 Å². The SMILES string of the molecule is COc1cc(C)c(S(=O)(=O)N2CCC(N3CCCOC3=O)CC2)c(C)c1C. The molecule has 27 heavy (non-hydrogen) atoms. The van der Waals surface area contributed by atoms with Crippen LogP contribution in [0.2, 0.25) is 0 Å². The standard InChI is InChI=1S/C19H28N2O5S/c1-13-12-17(25-4)14(2)15(3)18(13)27(23,24)20-9-6-16(7-10-20)21-8-5-11-26-19(21)22/h12,16H,5-11H2,1-4H3. The third-order valence-electron chi connectivity index (χ3n) is 5.66. The summed E-state index contributed by atoms with van der Waals surface area (Å²) in [6, 6.07) is 1.83. The van der Waals surface area contributed by atoms with E-state index >= 15 is 0 Å². The molecule has 0 N–H and O–H groups in total. The smallest absolute Gasteiger partial charge is 0.410 e. The Kier molecular flexibility index (Phi) is 5.67. The van der Waals surface area contributed by atoms with E-state index in [-0.39, 0.29) is 12.1 Å². The van der Waals surface area contributed by atoms with Gasteiger partial charge < -0.3 is 14.4 Å². The summed E-state index contributed by atoms with van der Waals surface area (Å²) in [6.07, 6.45) is 1.80. The maximum Gasteiger partial charge on any atom is 0.410 e. The molecule has 0 atom stereocenters.